The van der Waals surface area contributed by atoms with Crippen LogP contribution in [0, 0.1) is 11.8 Å². The molecule has 0 aliphatic heterocycles. The molecule has 1 aliphatic carbocycles. The summed E-state index contributed by atoms with van der Waals surface area (Å²) >= 11 is 0. The van der Waals surface area contributed by atoms with Gasteiger partial charge < -0.3 is 5.32 Å². The van der Waals surface area contributed by atoms with Gasteiger partial charge >= 0.3 is 0 Å². The highest BCUT2D eigenvalue weighted by molar-refractivity contribution is 4.99. The lowest BCUT2D eigenvalue weighted by Gasteiger charge is -2.34. The zero-order valence-corrected chi connectivity index (χ0v) is 11.3. The molecule has 3 heteroatoms. The molecule has 3 nitrogen and oxygen atoms in total. The first kappa shape index (κ1) is 12.6. The molecule has 3 atom stereocenters. The van der Waals surface area contributed by atoms with Crippen LogP contribution in [0.2, 0.25) is 0 Å². The number of nitrogens with zero attached hydrogens (tertiary/aromatic N) is 2. The second-order valence-corrected chi connectivity index (χ2v) is 5.56. The van der Waals surface area contributed by atoms with Crippen LogP contribution in [0.4, 0.5) is 0 Å². The minimum Gasteiger partial charge on any atom is -0.313 e. The van der Waals surface area contributed by atoms with Crippen LogP contribution in [-0.2, 0) is 13.5 Å². The molecule has 3 unspecified atom stereocenters. The van der Waals surface area contributed by atoms with Gasteiger partial charge in [0.05, 0.1) is 5.69 Å². The monoisotopic (exact) mass is 235 g/mol. The average Bonchev–Trinajstić information content (AvgIpc) is 2.70. The molecular formula is C14H25N3. The summed E-state index contributed by atoms with van der Waals surface area (Å²) in [5.41, 5.74) is 1.19. The first-order chi connectivity index (χ1) is 8.16. The van der Waals surface area contributed by atoms with Crippen LogP contribution in [0.3, 0.4) is 0 Å². The van der Waals surface area contributed by atoms with Crippen molar-refractivity contribution in [1.29, 1.82) is 0 Å². The number of aryl methyl sites for hydroxylation is 1. The van der Waals surface area contributed by atoms with E-state index in [1.165, 1.54) is 25.0 Å². The van der Waals surface area contributed by atoms with Crippen molar-refractivity contribution in [2.45, 2.75) is 45.6 Å². The van der Waals surface area contributed by atoms with Crippen LogP contribution >= 0.6 is 0 Å². The largest absolute Gasteiger partial charge is 0.313 e. The number of aromatic nitrogens is 2. The van der Waals surface area contributed by atoms with E-state index in [0.717, 1.165) is 24.8 Å². The van der Waals surface area contributed by atoms with Gasteiger partial charge in [-0.3, -0.25) is 4.68 Å². The predicted octanol–water partition coefficient (Wildman–Crippen LogP) is 2.38. The van der Waals surface area contributed by atoms with Crippen LogP contribution in [0.5, 0.6) is 0 Å². The standard InChI is InChI=1S/C14H25N3/c1-11-5-4-6-14(12(11)2)15-9-7-13-8-10-17(3)16-13/h8,10-12,14-15H,4-7,9H2,1-3H3. The highest BCUT2D eigenvalue weighted by Crippen LogP contribution is 2.29. The maximum absolute atomic E-state index is 4.40. The lowest BCUT2D eigenvalue weighted by Crippen LogP contribution is -2.41. The third kappa shape index (κ3) is 3.32. The number of hydrogen-bond donors (Lipinski definition) is 1. The van der Waals surface area contributed by atoms with E-state index in [0.29, 0.717) is 6.04 Å². The van der Waals surface area contributed by atoms with Crippen LogP contribution in [0.15, 0.2) is 12.3 Å². The van der Waals surface area contributed by atoms with Crippen molar-refractivity contribution in [1.82, 2.24) is 15.1 Å². The van der Waals surface area contributed by atoms with Gasteiger partial charge in [0.15, 0.2) is 0 Å². The molecule has 0 saturated heterocycles. The van der Waals surface area contributed by atoms with Gasteiger partial charge in [0.25, 0.3) is 0 Å². The second kappa shape index (κ2) is 5.67. The van der Waals surface area contributed by atoms with Crippen molar-refractivity contribution in [3.8, 4) is 0 Å². The molecule has 1 heterocycles. The smallest absolute Gasteiger partial charge is 0.0637 e. The summed E-state index contributed by atoms with van der Waals surface area (Å²) in [6.07, 6.45) is 7.18. The topological polar surface area (TPSA) is 29.9 Å². The van der Waals surface area contributed by atoms with Crippen LogP contribution in [0.1, 0.15) is 38.8 Å². The summed E-state index contributed by atoms with van der Waals surface area (Å²) in [7, 11) is 1.97. The molecule has 0 aromatic carbocycles. The molecule has 17 heavy (non-hydrogen) atoms. The van der Waals surface area contributed by atoms with Crippen LogP contribution < -0.4 is 5.32 Å². The Morgan fingerprint density at radius 3 is 2.94 bits per heavy atom. The van der Waals surface area contributed by atoms with Crippen LogP contribution in [-0.4, -0.2) is 22.4 Å². The van der Waals surface area contributed by atoms with Gasteiger partial charge in [-0.2, -0.15) is 5.10 Å². The molecule has 1 aliphatic rings. The lowest BCUT2D eigenvalue weighted by molar-refractivity contribution is 0.208. The molecular weight excluding hydrogens is 210 g/mol. The Morgan fingerprint density at radius 1 is 1.41 bits per heavy atom. The van der Waals surface area contributed by atoms with Gasteiger partial charge in [-0.15, -0.1) is 0 Å². The summed E-state index contributed by atoms with van der Waals surface area (Å²) < 4.78 is 1.88. The van der Waals surface area contributed by atoms with Crippen LogP contribution in [0.25, 0.3) is 0 Å². The van der Waals surface area contributed by atoms with Gasteiger partial charge in [-0.1, -0.05) is 26.7 Å². The Kier molecular flexibility index (Phi) is 4.21. The van der Waals surface area contributed by atoms with Crippen molar-refractivity contribution >= 4 is 0 Å². The number of hydrogen-bond acceptors (Lipinski definition) is 2. The number of nitrogens with one attached hydrogen (secondary N) is 1. The summed E-state index contributed by atoms with van der Waals surface area (Å²) in [6, 6.07) is 2.82. The predicted molar refractivity (Wildman–Crippen MR) is 70.9 cm³/mol. The Labute approximate surface area is 105 Å². The van der Waals surface area contributed by atoms with E-state index in [2.05, 4.69) is 30.3 Å². The third-order valence-electron chi connectivity index (χ3n) is 4.26. The second-order valence-electron chi connectivity index (χ2n) is 5.56. The first-order valence-electron chi connectivity index (χ1n) is 6.88. The van der Waals surface area contributed by atoms with E-state index in [1.54, 1.807) is 0 Å². The normalized spacial score (nSPS) is 29.5. The van der Waals surface area contributed by atoms with Crippen molar-refractivity contribution in [3.05, 3.63) is 18.0 Å². The molecule has 0 bridgehead atoms. The number of rotatable bonds is 4. The fraction of sp³-hybridized carbons (Fsp3) is 0.786. The quantitative estimate of drug-likeness (QED) is 0.868. The SMILES string of the molecule is CC1CCCC(NCCc2ccn(C)n2)C1C. The summed E-state index contributed by atoms with van der Waals surface area (Å²) in [5, 5.41) is 8.11. The van der Waals surface area contributed by atoms with E-state index in [1.807, 2.05) is 17.9 Å². The van der Waals surface area contributed by atoms with Gasteiger partial charge in [0.2, 0.25) is 0 Å². The van der Waals surface area contributed by atoms with Crippen molar-refractivity contribution in [2.24, 2.45) is 18.9 Å². The molecule has 96 valence electrons. The van der Waals surface area contributed by atoms with Crippen molar-refractivity contribution in [2.75, 3.05) is 6.54 Å². The van der Waals surface area contributed by atoms with Crippen molar-refractivity contribution in [3.63, 3.8) is 0 Å². The van der Waals surface area contributed by atoms with E-state index < -0.39 is 0 Å². The molecule has 0 radical (unpaired) electrons. The minimum absolute atomic E-state index is 0.711. The summed E-state index contributed by atoms with van der Waals surface area (Å²) in [6.45, 7) is 5.83. The molecule has 1 aromatic rings. The molecule has 0 amide bonds. The highest BCUT2D eigenvalue weighted by Gasteiger charge is 2.26. The van der Waals surface area contributed by atoms with Crippen molar-refractivity contribution < 1.29 is 0 Å². The Hall–Kier alpha value is -0.830. The molecule has 1 N–H and O–H groups in total. The van der Waals surface area contributed by atoms with E-state index >= 15 is 0 Å². The van der Waals surface area contributed by atoms with Gasteiger partial charge in [-0.25, -0.2) is 0 Å². The van der Waals surface area contributed by atoms with E-state index in [-0.39, 0.29) is 0 Å². The zero-order chi connectivity index (χ0) is 12.3. The lowest BCUT2D eigenvalue weighted by atomic mass is 9.78. The third-order valence-corrected chi connectivity index (χ3v) is 4.26. The molecule has 1 aromatic heterocycles. The van der Waals surface area contributed by atoms with E-state index in [4.69, 9.17) is 0 Å². The maximum atomic E-state index is 4.40. The Balaban J connectivity index is 1.74. The highest BCUT2D eigenvalue weighted by atomic mass is 15.2. The van der Waals surface area contributed by atoms with Gasteiger partial charge in [-0.05, 0) is 24.3 Å². The minimum atomic E-state index is 0.711. The maximum Gasteiger partial charge on any atom is 0.0637 e. The summed E-state index contributed by atoms with van der Waals surface area (Å²) in [4.78, 5) is 0. The fourth-order valence-electron chi connectivity index (χ4n) is 2.85. The average molecular weight is 235 g/mol. The Morgan fingerprint density at radius 2 is 2.24 bits per heavy atom. The van der Waals surface area contributed by atoms with E-state index in [9.17, 15) is 0 Å². The Bertz CT molecular complexity index is 345. The van der Waals surface area contributed by atoms with Gasteiger partial charge in [0.1, 0.15) is 0 Å². The van der Waals surface area contributed by atoms with Gasteiger partial charge in [0, 0.05) is 32.3 Å². The first-order valence-corrected chi connectivity index (χ1v) is 6.88. The molecule has 1 saturated carbocycles. The fourth-order valence-corrected chi connectivity index (χ4v) is 2.85. The molecule has 1 fully saturated rings. The molecule has 2 rings (SSSR count). The molecule has 0 spiro atoms. The summed E-state index contributed by atoms with van der Waals surface area (Å²) in [5.74, 6) is 1.68. The zero-order valence-electron chi connectivity index (χ0n) is 11.3.